The van der Waals surface area contributed by atoms with Crippen molar-refractivity contribution in [1.82, 2.24) is 5.06 Å². The highest BCUT2D eigenvalue weighted by Crippen LogP contribution is 2.27. The van der Waals surface area contributed by atoms with Crippen molar-refractivity contribution >= 4 is 17.5 Å². The average molecular weight is 294 g/mol. The standard InChI is InChI=1S/C13H14N2O6/c1-9-2-3-10(15(18)19)11(8-9)20-6-7-21-14-12(16)4-5-13(14)17/h2-3,8H,4-7H2,1H3. The van der Waals surface area contributed by atoms with Crippen molar-refractivity contribution in [3.8, 4) is 5.75 Å². The van der Waals surface area contributed by atoms with Crippen LogP contribution in [0, 0.1) is 17.0 Å². The van der Waals surface area contributed by atoms with Crippen molar-refractivity contribution < 1.29 is 24.1 Å². The second-order valence-corrected chi connectivity index (χ2v) is 4.49. The van der Waals surface area contributed by atoms with Gasteiger partial charge in [-0.3, -0.25) is 24.5 Å². The van der Waals surface area contributed by atoms with E-state index in [-0.39, 0.29) is 49.3 Å². The molecule has 0 spiro atoms. The first kappa shape index (κ1) is 14.9. The molecular weight excluding hydrogens is 280 g/mol. The van der Waals surface area contributed by atoms with Crippen molar-refractivity contribution in [3.63, 3.8) is 0 Å². The lowest BCUT2D eigenvalue weighted by Crippen LogP contribution is -2.31. The minimum absolute atomic E-state index is 0.0125. The highest BCUT2D eigenvalue weighted by Gasteiger charge is 2.30. The number of imide groups is 1. The van der Waals surface area contributed by atoms with Gasteiger partial charge in [-0.15, -0.1) is 0 Å². The van der Waals surface area contributed by atoms with Crippen LogP contribution in [0.1, 0.15) is 18.4 Å². The molecule has 1 heterocycles. The van der Waals surface area contributed by atoms with E-state index < -0.39 is 4.92 Å². The molecule has 8 nitrogen and oxygen atoms in total. The summed E-state index contributed by atoms with van der Waals surface area (Å²) in [6.07, 6.45) is 0.284. The van der Waals surface area contributed by atoms with Crippen LogP contribution in [0.15, 0.2) is 18.2 Å². The van der Waals surface area contributed by atoms with Crippen LogP contribution in [-0.4, -0.2) is 35.0 Å². The zero-order valence-electron chi connectivity index (χ0n) is 11.4. The normalized spacial score (nSPS) is 14.6. The van der Waals surface area contributed by atoms with Crippen LogP contribution in [0.5, 0.6) is 5.75 Å². The van der Waals surface area contributed by atoms with Crippen LogP contribution in [0.2, 0.25) is 0 Å². The molecule has 1 aliphatic heterocycles. The Bertz CT molecular complexity index is 570. The van der Waals surface area contributed by atoms with Crippen molar-refractivity contribution in [2.45, 2.75) is 19.8 Å². The first-order valence-corrected chi connectivity index (χ1v) is 6.35. The molecule has 0 unspecified atom stereocenters. The van der Waals surface area contributed by atoms with E-state index in [0.717, 1.165) is 5.56 Å². The minimum atomic E-state index is -0.539. The van der Waals surface area contributed by atoms with Gasteiger partial charge in [0.25, 0.3) is 11.8 Å². The van der Waals surface area contributed by atoms with Gasteiger partial charge < -0.3 is 4.74 Å². The highest BCUT2D eigenvalue weighted by molar-refractivity contribution is 6.00. The largest absolute Gasteiger partial charge is 0.484 e. The SMILES string of the molecule is Cc1ccc([N+](=O)[O-])c(OCCON2C(=O)CCC2=O)c1. The zero-order valence-corrected chi connectivity index (χ0v) is 11.4. The summed E-state index contributed by atoms with van der Waals surface area (Å²) in [5, 5.41) is 11.6. The predicted molar refractivity (Wildman–Crippen MR) is 70.4 cm³/mol. The molecule has 2 rings (SSSR count). The molecule has 2 amide bonds. The van der Waals surface area contributed by atoms with Crippen molar-refractivity contribution in [2.75, 3.05) is 13.2 Å². The Morgan fingerprint density at radius 3 is 2.52 bits per heavy atom. The third-order valence-electron chi connectivity index (χ3n) is 2.88. The molecular formula is C13H14N2O6. The van der Waals surface area contributed by atoms with Crippen LogP contribution >= 0.6 is 0 Å². The molecule has 1 aromatic carbocycles. The third-order valence-corrected chi connectivity index (χ3v) is 2.88. The van der Waals surface area contributed by atoms with Crippen LogP contribution in [0.4, 0.5) is 5.69 Å². The fourth-order valence-corrected chi connectivity index (χ4v) is 1.87. The lowest BCUT2D eigenvalue weighted by molar-refractivity contribution is -0.385. The molecule has 8 heteroatoms. The lowest BCUT2D eigenvalue weighted by Gasteiger charge is -2.13. The highest BCUT2D eigenvalue weighted by atomic mass is 16.7. The molecule has 0 bridgehead atoms. The van der Waals surface area contributed by atoms with Crippen molar-refractivity contribution in [2.24, 2.45) is 0 Å². The number of ether oxygens (including phenoxy) is 1. The number of aryl methyl sites for hydroxylation is 1. The number of benzene rings is 1. The van der Waals surface area contributed by atoms with Crippen LogP contribution in [0.3, 0.4) is 0 Å². The number of nitro groups is 1. The Morgan fingerprint density at radius 1 is 1.24 bits per heavy atom. The molecule has 1 saturated heterocycles. The Balaban J connectivity index is 1.89. The Morgan fingerprint density at radius 2 is 1.90 bits per heavy atom. The number of hydrogen-bond acceptors (Lipinski definition) is 6. The maximum atomic E-state index is 11.3. The number of hydrogen-bond donors (Lipinski definition) is 0. The molecule has 1 aliphatic rings. The van der Waals surface area contributed by atoms with Gasteiger partial charge in [0.15, 0.2) is 5.75 Å². The van der Waals surface area contributed by atoms with Gasteiger partial charge in [0.1, 0.15) is 13.2 Å². The molecule has 0 atom stereocenters. The third kappa shape index (κ3) is 3.54. The molecule has 0 radical (unpaired) electrons. The lowest BCUT2D eigenvalue weighted by atomic mass is 10.2. The van der Waals surface area contributed by atoms with E-state index in [0.29, 0.717) is 5.06 Å². The summed E-state index contributed by atoms with van der Waals surface area (Å²) in [5.74, 6) is -0.647. The van der Waals surface area contributed by atoms with Crippen LogP contribution in [0.25, 0.3) is 0 Å². The average Bonchev–Trinajstić information content (AvgIpc) is 2.74. The first-order chi connectivity index (χ1) is 9.99. The number of nitrogens with zero attached hydrogens (tertiary/aromatic N) is 2. The van der Waals surface area contributed by atoms with E-state index in [9.17, 15) is 19.7 Å². The summed E-state index contributed by atoms with van der Waals surface area (Å²) in [5.41, 5.74) is 0.676. The van der Waals surface area contributed by atoms with Gasteiger partial charge in [-0.05, 0) is 18.6 Å². The minimum Gasteiger partial charge on any atom is -0.484 e. The van der Waals surface area contributed by atoms with Gasteiger partial charge in [-0.25, -0.2) is 0 Å². The summed E-state index contributed by atoms with van der Waals surface area (Å²) >= 11 is 0. The van der Waals surface area contributed by atoms with Gasteiger partial charge in [0.05, 0.1) is 4.92 Å². The molecule has 1 aromatic rings. The van der Waals surface area contributed by atoms with Crippen molar-refractivity contribution in [3.05, 3.63) is 33.9 Å². The van der Waals surface area contributed by atoms with E-state index in [2.05, 4.69) is 0 Å². The van der Waals surface area contributed by atoms with Crippen LogP contribution < -0.4 is 4.74 Å². The van der Waals surface area contributed by atoms with Gasteiger partial charge in [-0.2, -0.15) is 5.06 Å². The summed E-state index contributed by atoms with van der Waals surface area (Å²) in [6.45, 7) is 1.72. The second kappa shape index (κ2) is 6.31. The van der Waals surface area contributed by atoms with Gasteiger partial charge in [-0.1, -0.05) is 6.07 Å². The predicted octanol–water partition coefficient (Wildman–Crippen LogP) is 1.36. The maximum absolute atomic E-state index is 11.3. The molecule has 0 aromatic heterocycles. The van der Waals surface area contributed by atoms with Gasteiger partial charge in [0.2, 0.25) is 0 Å². The quantitative estimate of drug-likeness (QED) is 0.340. The van der Waals surface area contributed by atoms with E-state index >= 15 is 0 Å². The number of amides is 2. The molecule has 0 N–H and O–H groups in total. The second-order valence-electron chi connectivity index (χ2n) is 4.49. The van der Waals surface area contributed by atoms with E-state index in [1.165, 1.54) is 6.07 Å². The van der Waals surface area contributed by atoms with E-state index in [1.807, 2.05) is 0 Å². The topological polar surface area (TPSA) is 99.0 Å². The fraction of sp³-hybridized carbons (Fsp3) is 0.385. The Hall–Kier alpha value is -2.48. The van der Waals surface area contributed by atoms with E-state index in [1.54, 1.807) is 19.1 Å². The number of rotatable bonds is 6. The number of hydroxylamine groups is 2. The van der Waals surface area contributed by atoms with Crippen LogP contribution in [-0.2, 0) is 14.4 Å². The number of carbonyl (C=O) groups excluding carboxylic acids is 2. The Kier molecular flexibility index (Phi) is 4.49. The van der Waals surface area contributed by atoms with E-state index in [4.69, 9.17) is 9.57 Å². The molecule has 21 heavy (non-hydrogen) atoms. The maximum Gasteiger partial charge on any atom is 0.310 e. The van der Waals surface area contributed by atoms with Gasteiger partial charge in [0, 0.05) is 18.9 Å². The number of nitro benzene ring substituents is 1. The summed E-state index contributed by atoms with van der Waals surface area (Å²) in [6, 6.07) is 4.52. The Labute approximate surface area is 120 Å². The fourth-order valence-electron chi connectivity index (χ4n) is 1.87. The molecule has 0 aliphatic carbocycles. The summed E-state index contributed by atoms with van der Waals surface area (Å²) < 4.78 is 5.29. The summed E-state index contributed by atoms with van der Waals surface area (Å²) in [7, 11) is 0. The number of carbonyl (C=O) groups is 2. The summed E-state index contributed by atoms with van der Waals surface area (Å²) in [4.78, 5) is 37.9. The van der Waals surface area contributed by atoms with Crippen molar-refractivity contribution in [1.29, 1.82) is 0 Å². The molecule has 1 fully saturated rings. The van der Waals surface area contributed by atoms with Gasteiger partial charge >= 0.3 is 5.69 Å². The molecule has 0 saturated carbocycles. The first-order valence-electron chi connectivity index (χ1n) is 6.35. The smallest absolute Gasteiger partial charge is 0.310 e. The monoisotopic (exact) mass is 294 g/mol. The molecule has 112 valence electrons. The zero-order chi connectivity index (χ0) is 15.4.